The zero-order valence-electron chi connectivity index (χ0n) is 16.3. The number of sulfonamides is 1. The molecule has 1 saturated heterocycles. The molecule has 7 heteroatoms. The summed E-state index contributed by atoms with van der Waals surface area (Å²) in [6, 6.07) is 13.0. The lowest BCUT2D eigenvalue weighted by molar-refractivity contribution is 0.290. The Kier molecular flexibility index (Phi) is 4.52. The Hall–Kier alpha value is -2.51. The number of hydrogen-bond donors (Lipinski definition) is 0. The van der Waals surface area contributed by atoms with E-state index in [9.17, 15) is 8.42 Å². The number of aryl methyl sites for hydroxylation is 3. The molecule has 1 unspecified atom stereocenters. The summed E-state index contributed by atoms with van der Waals surface area (Å²) in [5.74, 6) is 0.856. The summed E-state index contributed by atoms with van der Waals surface area (Å²) in [6.45, 7) is 2.47. The van der Waals surface area contributed by atoms with Gasteiger partial charge in [0.1, 0.15) is 6.04 Å². The van der Waals surface area contributed by atoms with Crippen molar-refractivity contribution >= 4 is 10.0 Å². The van der Waals surface area contributed by atoms with Crippen LogP contribution in [0.25, 0.3) is 11.4 Å². The minimum atomic E-state index is -3.61. The van der Waals surface area contributed by atoms with E-state index < -0.39 is 16.1 Å². The van der Waals surface area contributed by atoms with Crippen LogP contribution in [0.15, 0.2) is 51.9 Å². The van der Waals surface area contributed by atoms with Crippen molar-refractivity contribution in [3.8, 4) is 11.4 Å². The van der Waals surface area contributed by atoms with Crippen LogP contribution < -0.4 is 0 Å². The highest BCUT2D eigenvalue weighted by atomic mass is 32.2. The van der Waals surface area contributed by atoms with Gasteiger partial charge in [-0.3, -0.25) is 0 Å². The molecule has 5 rings (SSSR count). The van der Waals surface area contributed by atoms with E-state index in [2.05, 4.69) is 10.1 Å². The van der Waals surface area contributed by atoms with Gasteiger partial charge < -0.3 is 4.52 Å². The minimum Gasteiger partial charge on any atom is -0.337 e. The number of benzene rings is 2. The molecule has 0 saturated carbocycles. The molecule has 0 spiro atoms. The lowest BCUT2D eigenvalue weighted by Gasteiger charge is -2.21. The van der Waals surface area contributed by atoms with Crippen LogP contribution in [0.5, 0.6) is 0 Å². The molecule has 2 aromatic carbocycles. The number of hydrogen-bond acceptors (Lipinski definition) is 5. The van der Waals surface area contributed by atoms with Gasteiger partial charge in [-0.05, 0) is 68.4 Å². The second-order valence-corrected chi connectivity index (χ2v) is 9.77. The summed E-state index contributed by atoms with van der Waals surface area (Å²) >= 11 is 0. The Balaban J connectivity index is 1.46. The van der Waals surface area contributed by atoms with Gasteiger partial charge in [-0.2, -0.15) is 9.29 Å². The second kappa shape index (κ2) is 7.07. The van der Waals surface area contributed by atoms with E-state index in [1.54, 1.807) is 6.07 Å². The maximum Gasteiger partial charge on any atom is 0.245 e. The molecule has 0 N–H and O–H groups in total. The van der Waals surface area contributed by atoms with E-state index in [-0.39, 0.29) is 0 Å². The topological polar surface area (TPSA) is 76.3 Å². The van der Waals surface area contributed by atoms with Gasteiger partial charge in [0.15, 0.2) is 0 Å². The monoisotopic (exact) mass is 409 g/mol. The van der Waals surface area contributed by atoms with Crippen LogP contribution in [0, 0.1) is 6.92 Å². The Bertz CT molecular complexity index is 1170. The molecule has 2 aliphatic rings. The lowest BCUT2D eigenvalue weighted by Crippen LogP contribution is -2.31. The van der Waals surface area contributed by atoms with Crippen molar-refractivity contribution in [1.29, 1.82) is 0 Å². The molecule has 1 aromatic heterocycles. The number of aromatic nitrogens is 2. The van der Waals surface area contributed by atoms with Gasteiger partial charge in [-0.1, -0.05) is 35.0 Å². The highest BCUT2D eigenvalue weighted by Gasteiger charge is 2.39. The van der Waals surface area contributed by atoms with Crippen LogP contribution in [0.2, 0.25) is 0 Å². The SMILES string of the molecule is Cc1cccc(-c2noc(C3CCCN3S(=O)(=O)c3ccc4c(c3)CCC4)n2)c1. The molecule has 1 aliphatic heterocycles. The van der Waals surface area contributed by atoms with Gasteiger partial charge in [-0.25, -0.2) is 8.42 Å². The number of nitrogens with zero attached hydrogens (tertiary/aromatic N) is 3. The first kappa shape index (κ1) is 18.5. The molecule has 29 heavy (non-hydrogen) atoms. The van der Waals surface area contributed by atoms with Gasteiger partial charge in [0.05, 0.1) is 4.90 Å². The first-order valence-electron chi connectivity index (χ1n) is 10.1. The van der Waals surface area contributed by atoms with Crippen molar-refractivity contribution in [2.45, 2.75) is 50.0 Å². The molecule has 6 nitrogen and oxygen atoms in total. The highest BCUT2D eigenvalue weighted by molar-refractivity contribution is 7.89. The summed E-state index contributed by atoms with van der Waals surface area (Å²) in [5, 5.41) is 4.10. The Morgan fingerprint density at radius 3 is 2.79 bits per heavy atom. The first-order valence-corrected chi connectivity index (χ1v) is 11.5. The van der Waals surface area contributed by atoms with Crippen molar-refractivity contribution in [3.05, 3.63) is 65.0 Å². The standard InChI is InChI=1S/C22H23N3O3S/c1-15-5-2-8-18(13-15)21-23-22(28-24-21)20-9-4-12-25(20)29(26,27)19-11-10-16-6-3-7-17(16)14-19/h2,5,8,10-11,13-14,20H,3-4,6-7,9,12H2,1H3. The van der Waals surface area contributed by atoms with Crippen molar-refractivity contribution in [3.63, 3.8) is 0 Å². The van der Waals surface area contributed by atoms with E-state index in [0.29, 0.717) is 29.6 Å². The van der Waals surface area contributed by atoms with E-state index in [4.69, 9.17) is 4.52 Å². The molecule has 150 valence electrons. The number of fused-ring (bicyclic) bond motifs is 1. The first-order chi connectivity index (χ1) is 14.0. The van der Waals surface area contributed by atoms with Gasteiger partial charge in [0.25, 0.3) is 0 Å². The fraction of sp³-hybridized carbons (Fsp3) is 0.364. The van der Waals surface area contributed by atoms with Crippen molar-refractivity contribution in [2.24, 2.45) is 0 Å². The van der Waals surface area contributed by atoms with Gasteiger partial charge in [-0.15, -0.1) is 0 Å². The summed E-state index contributed by atoms with van der Waals surface area (Å²) in [4.78, 5) is 4.90. The predicted molar refractivity (Wildman–Crippen MR) is 109 cm³/mol. The molecule has 1 atom stereocenters. The van der Waals surface area contributed by atoms with Crippen molar-refractivity contribution < 1.29 is 12.9 Å². The molecule has 2 heterocycles. The fourth-order valence-electron chi connectivity index (χ4n) is 4.39. The summed E-state index contributed by atoms with van der Waals surface area (Å²) in [7, 11) is -3.61. The van der Waals surface area contributed by atoms with E-state index in [1.165, 1.54) is 9.87 Å². The molecular formula is C22H23N3O3S. The zero-order chi connectivity index (χ0) is 20.0. The highest BCUT2D eigenvalue weighted by Crippen LogP contribution is 2.37. The minimum absolute atomic E-state index is 0.364. The second-order valence-electron chi connectivity index (χ2n) is 7.88. The van der Waals surface area contributed by atoms with Crippen LogP contribution in [-0.2, 0) is 22.9 Å². The molecule has 0 bridgehead atoms. The van der Waals surface area contributed by atoms with Gasteiger partial charge >= 0.3 is 0 Å². The van der Waals surface area contributed by atoms with E-state index in [0.717, 1.165) is 42.4 Å². The van der Waals surface area contributed by atoms with Gasteiger partial charge in [0.2, 0.25) is 21.7 Å². The summed E-state index contributed by atoms with van der Waals surface area (Å²) in [5.41, 5.74) is 4.39. The van der Waals surface area contributed by atoms with E-state index in [1.807, 2.05) is 43.3 Å². The molecular weight excluding hydrogens is 386 g/mol. The fourth-order valence-corrected chi connectivity index (χ4v) is 6.09. The third-order valence-corrected chi connectivity index (χ3v) is 7.79. The third kappa shape index (κ3) is 3.28. The maximum atomic E-state index is 13.4. The molecule has 0 radical (unpaired) electrons. The normalized spacial score (nSPS) is 19.6. The Labute approximate surface area is 170 Å². The summed E-state index contributed by atoms with van der Waals surface area (Å²) in [6.07, 6.45) is 4.53. The van der Waals surface area contributed by atoms with Crippen LogP contribution in [0.4, 0.5) is 0 Å². The molecule has 0 amide bonds. The van der Waals surface area contributed by atoms with E-state index >= 15 is 0 Å². The molecule has 1 fully saturated rings. The average molecular weight is 410 g/mol. The molecule has 1 aliphatic carbocycles. The predicted octanol–water partition coefficient (Wildman–Crippen LogP) is 4.06. The van der Waals surface area contributed by atoms with Gasteiger partial charge in [0, 0.05) is 12.1 Å². The van der Waals surface area contributed by atoms with Crippen LogP contribution in [0.1, 0.15) is 47.9 Å². The van der Waals surface area contributed by atoms with Crippen molar-refractivity contribution in [1.82, 2.24) is 14.4 Å². The largest absolute Gasteiger partial charge is 0.337 e. The maximum absolute atomic E-state index is 13.4. The third-order valence-electron chi connectivity index (χ3n) is 5.88. The quantitative estimate of drug-likeness (QED) is 0.649. The Morgan fingerprint density at radius 1 is 1.07 bits per heavy atom. The smallest absolute Gasteiger partial charge is 0.245 e. The van der Waals surface area contributed by atoms with Crippen LogP contribution >= 0.6 is 0 Å². The zero-order valence-corrected chi connectivity index (χ0v) is 17.2. The lowest BCUT2D eigenvalue weighted by atomic mass is 10.1. The van der Waals surface area contributed by atoms with Crippen LogP contribution in [-0.4, -0.2) is 29.4 Å². The van der Waals surface area contributed by atoms with Crippen molar-refractivity contribution in [2.75, 3.05) is 6.54 Å². The Morgan fingerprint density at radius 2 is 1.93 bits per heavy atom. The number of rotatable bonds is 4. The average Bonchev–Trinajstić information content (AvgIpc) is 3.46. The van der Waals surface area contributed by atoms with Crippen LogP contribution in [0.3, 0.4) is 0 Å². The molecule has 3 aromatic rings. The summed E-state index contributed by atoms with van der Waals surface area (Å²) < 4.78 is 33.8.